The Morgan fingerprint density at radius 2 is 1.96 bits per heavy atom. The van der Waals surface area contributed by atoms with Crippen molar-refractivity contribution in [3.8, 4) is 28.8 Å². The number of amides is 2. The second-order valence-electron chi connectivity index (χ2n) is 12.2. The molecule has 4 aromatic rings. The zero-order valence-electron chi connectivity index (χ0n) is 28.2. The number of nitrogens with zero attached hydrogens (tertiary/aromatic N) is 8. The molecule has 6 rings (SSSR count). The molecule has 2 aliphatic heterocycles. The van der Waals surface area contributed by atoms with Gasteiger partial charge >= 0.3 is 0 Å². The van der Waals surface area contributed by atoms with Crippen LogP contribution >= 0.6 is 0 Å². The van der Waals surface area contributed by atoms with Crippen molar-refractivity contribution in [1.82, 2.24) is 39.3 Å². The highest BCUT2D eigenvalue weighted by Crippen LogP contribution is 2.34. The molecule has 1 unspecified atom stereocenters. The molecular formula is C34H41N9O6. The fourth-order valence-electron chi connectivity index (χ4n) is 6.39. The van der Waals surface area contributed by atoms with Crippen molar-refractivity contribution < 1.29 is 24.2 Å². The summed E-state index contributed by atoms with van der Waals surface area (Å²) in [7, 11) is 1.51. The van der Waals surface area contributed by atoms with Gasteiger partial charge in [-0.3, -0.25) is 14.4 Å². The Kier molecular flexibility index (Phi) is 9.51. The molecule has 2 amide bonds. The van der Waals surface area contributed by atoms with Crippen molar-refractivity contribution in [1.29, 1.82) is 0 Å². The van der Waals surface area contributed by atoms with Crippen molar-refractivity contribution in [3.05, 3.63) is 64.0 Å². The van der Waals surface area contributed by atoms with Crippen LogP contribution in [0.2, 0.25) is 0 Å². The summed E-state index contributed by atoms with van der Waals surface area (Å²) < 4.78 is 13.7. The van der Waals surface area contributed by atoms with Crippen molar-refractivity contribution in [2.75, 3.05) is 44.8 Å². The fourth-order valence-corrected chi connectivity index (χ4v) is 6.39. The van der Waals surface area contributed by atoms with Gasteiger partial charge < -0.3 is 34.3 Å². The highest BCUT2D eigenvalue weighted by atomic mass is 16.5. The normalized spacial score (nSPS) is 14.8. The van der Waals surface area contributed by atoms with E-state index in [1.165, 1.54) is 17.8 Å². The number of aromatic hydroxyl groups is 1. The number of anilines is 1. The third kappa shape index (κ3) is 6.52. The quantitative estimate of drug-likeness (QED) is 0.225. The molecule has 0 radical (unpaired) electrons. The van der Waals surface area contributed by atoms with E-state index in [0.717, 1.165) is 12.0 Å². The fraction of sp³-hybridized carbons (Fsp3) is 0.441. The molecular weight excluding hydrogens is 630 g/mol. The van der Waals surface area contributed by atoms with Crippen LogP contribution < -0.4 is 25.2 Å². The first kappa shape index (κ1) is 33.4. The Morgan fingerprint density at radius 3 is 2.67 bits per heavy atom. The summed E-state index contributed by atoms with van der Waals surface area (Å²) in [5.41, 5.74) is 2.85. The highest BCUT2D eigenvalue weighted by molar-refractivity contribution is 5.95. The average Bonchev–Trinajstić information content (AvgIpc) is 3.78. The van der Waals surface area contributed by atoms with E-state index < -0.39 is 0 Å². The SMILES string of the molecule is C=C(CC)CC(C)NC(=O)Cn1c(CC)c(N2CCN(C(=O)c3ncc4c(c3O)CCO4)CC2)c(=O)n2nc(-c3ccnc(OC)c3)nc12. The van der Waals surface area contributed by atoms with Crippen LogP contribution in [0.25, 0.3) is 17.2 Å². The number of nitrogens with one attached hydrogen (secondary N) is 1. The molecule has 1 saturated heterocycles. The third-order valence-corrected chi connectivity index (χ3v) is 8.98. The Bertz CT molecular complexity index is 1980. The number of rotatable bonds is 11. The molecule has 1 fully saturated rings. The summed E-state index contributed by atoms with van der Waals surface area (Å²) in [5, 5.41) is 18.4. The highest BCUT2D eigenvalue weighted by Gasteiger charge is 2.32. The van der Waals surface area contributed by atoms with E-state index in [1.54, 1.807) is 27.8 Å². The minimum atomic E-state index is -0.388. The lowest BCUT2D eigenvalue weighted by Gasteiger charge is -2.36. The predicted molar refractivity (Wildman–Crippen MR) is 181 cm³/mol. The number of pyridine rings is 2. The molecule has 15 nitrogen and oxygen atoms in total. The molecule has 258 valence electrons. The van der Waals surface area contributed by atoms with Crippen LogP contribution in [0.3, 0.4) is 0 Å². The first-order chi connectivity index (χ1) is 23.6. The maximum atomic E-state index is 14.3. The van der Waals surface area contributed by atoms with Crippen molar-refractivity contribution in [2.24, 2.45) is 0 Å². The Labute approximate surface area is 283 Å². The number of aromatic nitrogens is 6. The monoisotopic (exact) mass is 671 g/mol. The predicted octanol–water partition coefficient (Wildman–Crippen LogP) is 2.38. The summed E-state index contributed by atoms with van der Waals surface area (Å²) in [4.78, 5) is 57.8. The van der Waals surface area contributed by atoms with Gasteiger partial charge in [0.2, 0.25) is 17.6 Å². The van der Waals surface area contributed by atoms with Gasteiger partial charge in [0.15, 0.2) is 17.3 Å². The molecule has 0 aromatic carbocycles. The van der Waals surface area contributed by atoms with Crippen molar-refractivity contribution in [2.45, 2.75) is 59.0 Å². The Balaban J connectivity index is 1.34. The summed E-state index contributed by atoms with van der Waals surface area (Å²) >= 11 is 0. The molecule has 1 atom stereocenters. The van der Waals surface area contributed by atoms with Gasteiger partial charge in [0.1, 0.15) is 18.0 Å². The van der Waals surface area contributed by atoms with Crippen LogP contribution in [0, 0.1) is 0 Å². The van der Waals surface area contributed by atoms with Crippen LogP contribution in [0.4, 0.5) is 5.69 Å². The maximum absolute atomic E-state index is 14.3. The molecule has 6 heterocycles. The number of hydrogen-bond acceptors (Lipinski definition) is 11. The van der Waals surface area contributed by atoms with Gasteiger partial charge in [-0.15, -0.1) is 5.10 Å². The molecule has 0 spiro atoms. The molecule has 15 heteroatoms. The zero-order chi connectivity index (χ0) is 34.8. The van der Waals surface area contributed by atoms with E-state index in [4.69, 9.17) is 14.5 Å². The van der Waals surface area contributed by atoms with Gasteiger partial charge in [-0.05, 0) is 32.3 Å². The molecule has 49 heavy (non-hydrogen) atoms. The van der Waals surface area contributed by atoms with Crippen LogP contribution in [0.15, 0.2) is 41.5 Å². The first-order valence-corrected chi connectivity index (χ1v) is 16.5. The minimum Gasteiger partial charge on any atom is -0.505 e. The molecule has 0 bridgehead atoms. The second-order valence-corrected chi connectivity index (χ2v) is 12.2. The number of carbonyl (C=O) groups is 2. The number of fused-ring (bicyclic) bond motifs is 2. The molecule has 2 aliphatic rings. The lowest BCUT2D eigenvalue weighted by molar-refractivity contribution is -0.122. The average molecular weight is 672 g/mol. The summed E-state index contributed by atoms with van der Waals surface area (Å²) in [6.45, 7) is 11.5. The number of hydrogen-bond donors (Lipinski definition) is 2. The number of ether oxygens (including phenoxy) is 2. The lowest BCUT2D eigenvalue weighted by atomic mass is 10.1. The molecule has 0 aliphatic carbocycles. The smallest absolute Gasteiger partial charge is 0.299 e. The van der Waals surface area contributed by atoms with Gasteiger partial charge in [0, 0.05) is 62.0 Å². The van der Waals surface area contributed by atoms with E-state index in [2.05, 4.69) is 27.0 Å². The molecule has 0 saturated carbocycles. The first-order valence-electron chi connectivity index (χ1n) is 16.5. The van der Waals surface area contributed by atoms with Gasteiger partial charge in [0.05, 0.1) is 25.6 Å². The summed E-state index contributed by atoms with van der Waals surface area (Å²) in [5.74, 6) is 0.596. The van der Waals surface area contributed by atoms with Gasteiger partial charge in [0.25, 0.3) is 11.5 Å². The van der Waals surface area contributed by atoms with Gasteiger partial charge in [-0.25, -0.2) is 9.97 Å². The van der Waals surface area contributed by atoms with E-state index in [9.17, 15) is 19.5 Å². The van der Waals surface area contributed by atoms with Crippen LogP contribution in [-0.4, -0.2) is 96.9 Å². The van der Waals surface area contributed by atoms with Crippen LogP contribution in [-0.2, 0) is 24.2 Å². The standard InChI is InChI=1S/C34H41N9O6/c1-6-20(3)16-21(4)37-26(44)19-42-24(7-2)29(33(47)43-34(42)38-31(39-43)22-8-10-35-27(17-22)48-5)40-11-13-41(14-12-40)32(46)28-30(45)23-9-15-49-25(23)18-36-28/h8,10,17-18,21,45H,3,6-7,9,11-16,19H2,1-2,4-5H3,(H,37,44). The zero-order valence-corrected chi connectivity index (χ0v) is 28.2. The van der Waals surface area contributed by atoms with Crippen molar-refractivity contribution in [3.63, 3.8) is 0 Å². The second kappa shape index (κ2) is 13.9. The maximum Gasteiger partial charge on any atom is 0.299 e. The van der Waals surface area contributed by atoms with Crippen LogP contribution in [0.5, 0.6) is 17.4 Å². The molecule has 2 N–H and O–H groups in total. The summed E-state index contributed by atoms with van der Waals surface area (Å²) in [6, 6.07) is 3.27. The summed E-state index contributed by atoms with van der Waals surface area (Å²) in [6.07, 6.45) is 5.46. The Hall–Kier alpha value is -5.47. The Morgan fingerprint density at radius 1 is 1.18 bits per heavy atom. The minimum absolute atomic E-state index is 0.0126. The number of carbonyl (C=O) groups excluding carboxylic acids is 2. The largest absolute Gasteiger partial charge is 0.505 e. The van der Waals surface area contributed by atoms with E-state index in [1.807, 2.05) is 25.7 Å². The van der Waals surface area contributed by atoms with Crippen LogP contribution in [0.1, 0.15) is 55.4 Å². The topological polar surface area (TPSA) is 169 Å². The van der Waals surface area contributed by atoms with Crippen molar-refractivity contribution >= 4 is 23.3 Å². The van der Waals surface area contributed by atoms with Gasteiger partial charge in [-0.2, -0.15) is 9.50 Å². The number of methoxy groups -OCH3 is 1. The van der Waals surface area contributed by atoms with E-state index >= 15 is 0 Å². The number of piperazine rings is 1. The van der Waals surface area contributed by atoms with Gasteiger partial charge in [-0.1, -0.05) is 26.0 Å². The van der Waals surface area contributed by atoms with E-state index in [-0.39, 0.29) is 66.1 Å². The lowest BCUT2D eigenvalue weighted by Crippen LogP contribution is -2.51. The van der Waals surface area contributed by atoms with E-state index in [0.29, 0.717) is 73.1 Å². The molecule has 4 aromatic heterocycles. The third-order valence-electron chi connectivity index (χ3n) is 8.98.